The van der Waals surface area contributed by atoms with E-state index in [1.165, 1.54) is 11.3 Å². The SMILES string of the molecule is C=CCN(C)c1ccc(C(C)NC)c(Br)c1. The summed E-state index contributed by atoms with van der Waals surface area (Å²) in [7, 11) is 4.03. The van der Waals surface area contributed by atoms with Crippen molar-refractivity contribution < 1.29 is 0 Å². The number of hydrogen-bond acceptors (Lipinski definition) is 2. The molecule has 0 aromatic heterocycles. The van der Waals surface area contributed by atoms with Crippen LogP contribution in [0.5, 0.6) is 0 Å². The molecule has 0 saturated carbocycles. The number of rotatable bonds is 5. The zero-order chi connectivity index (χ0) is 12.1. The van der Waals surface area contributed by atoms with Gasteiger partial charge in [0.2, 0.25) is 0 Å². The lowest BCUT2D eigenvalue weighted by molar-refractivity contribution is 0.649. The van der Waals surface area contributed by atoms with E-state index in [0.29, 0.717) is 6.04 Å². The molecule has 0 aliphatic carbocycles. The summed E-state index contributed by atoms with van der Waals surface area (Å²) in [6, 6.07) is 6.79. The molecule has 0 radical (unpaired) electrons. The van der Waals surface area contributed by atoms with Crippen molar-refractivity contribution in [3.05, 3.63) is 40.9 Å². The van der Waals surface area contributed by atoms with Crippen molar-refractivity contribution in [2.45, 2.75) is 13.0 Å². The molecule has 0 aliphatic heterocycles. The van der Waals surface area contributed by atoms with Crippen LogP contribution in [0.15, 0.2) is 35.3 Å². The van der Waals surface area contributed by atoms with E-state index in [9.17, 15) is 0 Å². The second kappa shape index (κ2) is 6.06. The van der Waals surface area contributed by atoms with Crippen molar-refractivity contribution in [3.63, 3.8) is 0 Å². The third kappa shape index (κ3) is 3.09. The Labute approximate surface area is 106 Å². The minimum atomic E-state index is 0.355. The van der Waals surface area contributed by atoms with Gasteiger partial charge in [-0.3, -0.25) is 0 Å². The van der Waals surface area contributed by atoms with Gasteiger partial charge in [0.25, 0.3) is 0 Å². The van der Waals surface area contributed by atoms with Crippen molar-refractivity contribution >= 4 is 21.6 Å². The lowest BCUT2D eigenvalue weighted by Crippen LogP contribution is -2.17. The molecule has 0 aliphatic rings. The Hall–Kier alpha value is -0.800. The van der Waals surface area contributed by atoms with Gasteiger partial charge in [-0.05, 0) is 31.7 Å². The molecule has 0 fully saturated rings. The average Bonchev–Trinajstić information content (AvgIpc) is 2.28. The first-order valence-corrected chi connectivity index (χ1v) is 6.18. The number of halogens is 1. The molecule has 1 aromatic carbocycles. The van der Waals surface area contributed by atoms with Crippen molar-refractivity contribution in [1.82, 2.24) is 5.32 Å². The fourth-order valence-electron chi connectivity index (χ4n) is 1.56. The smallest absolute Gasteiger partial charge is 0.0377 e. The Balaban J connectivity index is 2.94. The second-order valence-corrected chi connectivity index (χ2v) is 4.74. The number of benzene rings is 1. The Morgan fingerprint density at radius 3 is 2.75 bits per heavy atom. The quantitative estimate of drug-likeness (QED) is 0.834. The van der Waals surface area contributed by atoms with E-state index in [1.807, 2.05) is 13.1 Å². The maximum Gasteiger partial charge on any atom is 0.0377 e. The number of anilines is 1. The Morgan fingerprint density at radius 2 is 2.25 bits per heavy atom. The summed E-state index contributed by atoms with van der Waals surface area (Å²) in [4.78, 5) is 2.16. The minimum Gasteiger partial charge on any atom is -0.371 e. The van der Waals surface area contributed by atoms with E-state index in [2.05, 4.69) is 64.9 Å². The third-order valence-corrected chi connectivity index (χ3v) is 3.41. The normalized spacial score (nSPS) is 12.2. The van der Waals surface area contributed by atoms with Crippen LogP contribution in [0.3, 0.4) is 0 Å². The topological polar surface area (TPSA) is 15.3 Å². The summed E-state index contributed by atoms with van der Waals surface area (Å²) in [5, 5.41) is 3.24. The molecule has 1 atom stereocenters. The largest absolute Gasteiger partial charge is 0.371 e. The molecular formula is C13H19BrN2. The highest BCUT2D eigenvalue weighted by atomic mass is 79.9. The molecule has 2 nitrogen and oxygen atoms in total. The van der Waals surface area contributed by atoms with Gasteiger partial charge in [-0.15, -0.1) is 6.58 Å². The summed E-state index contributed by atoms with van der Waals surface area (Å²) < 4.78 is 1.14. The van der Waals surface area contributed by atoms with Crippen LogP contribution in [-0.2, 0) is 0 Å². The maximum atomic E-state index is 3.74. The van der Waals surface area contributed by atoms with Gasteiger partial charge in [0, 0.05) is 29.8 Å². The Kier molecular flexibility index (Phi) is 5.03. The highest BCUT2D eigenvalue weighted by Gasteiger charge is 2.08. The average molecular weight is 283 g/mol. The number of likely N-dealkylation sites (N-methyl/N-ethyl adjacent to an activating group) is 1. The minimum absolute atomic E-state index is 0.355. The van der Waals surface area contributed by atoms with Gasteiger partial charge in [0.15, 0.2) is 0 Å². The molecule has 0 spiro atoms. The van der Waals surface area contributed by atoms with Crippen molar-refractivity contribution in [3.8, 4) is 0 Å². The van der Waals surface area contributed by atoms with Gasteiger partial charge in [-0.1, -0.05) is 28.1 Å². The standard InChI is InChI=1S/C13H19BrN2/c1-5-8-16(4)11-6-7-12(10(2)15-3)13(14)9-11/h5-7,9-10,15H,1,8H2,2-4H3. The Bertz CT molecular complexity index is 363. The van der Waals surface area contributed by atoms with Crippen molar-refractivity contribution in [2.24, 2.45) is 0 Å². The first-order chi connectivity index (χ1) is 7.60. The van der Waals surface area contributed by atoms with Gasteiger partial charge in [0.1, 0.15) is 0 Å². The van der Waals surface area contributed by atoms with E-state index in [0.717, 1.165) is 11.0 Å². The number of nitrogens with zero attached hydrogens (tertiary/aromatic N) is 1. The zero-order valence-electron chi connectivity index (χ0n) is 10.1. The van der Waals surface area contributed by atoms with Crippen LogP contribution in [0.25, 0.3) is 0 Å². The van der Waals surface area contributed by atoms with Crippen LogP contribution < -0.4 is 10.2 Å². The molecule has 3 heteroatoms. The lowest BCUT2D eigenvalue weighted by Gasteiger charge is -2.20. The maximum absolute atomic E-state index is 3.74. The summed E-state index contributed by atoms with van der Waals surface area (Å²) >= 11 is 3.62. The molecule has 0 heterocycles. The highest BCUT2D eigenvalue weighted by Crippen LogP contribution is 2.27. The van der Waals surface area contributed by atoms with Crippen LogP contribution in [0.2, 0.25) is 0 Å². The summed E-state index contributed by atoms with van der Waals surface area (Å²) in [6.45, 7) is 6.74. The van der Waals surface area contributed by atoms with E-state index >= 15 is 0 Å². The molecule has 16 heavy (non-hydrogen) atoms. The van der Waals surface area contributed by atoms with Crippen LogP contribution in [0.4, 0.5) is 5.69 Å². The highest BCUT2D eigenvalue weighted by molar-refractivity contribution is 9.10. The van der Waals surface area contributed by atoms with Gasteiger partial charge in [-0.2, -0.15) is 0 Å². The summed E-state index contributed by atoms with van der Waals surface area (Å²) in [5.74, 6) is 0. The molecular weight excluding hydrogens is 264 g/mol. The van der Waals surface area contributed by atoms with E-state index < -0.39 is 0 Å². The van der Waals surface area contributed by atoms with Crippen molar-refractivity contribution in [1.29, 1.82) is 0 Å². The van der Waals surface area contributed by atoms with Gasteiger partial charge < -0.3 is 10.2 Å². The lowest BCUT2D eigenvalue weighted by atomic mass is 10.1. The van der Waals surface area contributed by atoms with Crippen LogP contribution in [0.1, 0.15) is 18.5 Å². The van der Waals surface area contributed by atoms with Gasteiger partial charge >= 0.3 is 0 Å². The fourth-order valence-corrected chi connectivity index (χ4v) is 2.27. The summed E-state index contributed by atoms with van der Waals surface area (Å²) in [5.41, 5.74) is 2.47. The third-order valence-electron chi connectivity index (χ3n) is 2.73. The van der Waals surface area contributed by atoms with Crippen LogP contribution in [0, 0.1) is 0 Å². The first-order valence-electron chi connectivity index (χ1n) is 5.39. The summed E-state index contributed by atoms with van der Waals surface area (Å²) in [6.07, 6.45) is 1.90. The molecule has 0 amide bonds. The number of hydrogen-bond donors (Lipinski definition) is 1. The molecule has 1 unspecified atom stereocenters. The molecule has 88 valence electrons. The molecule has 0 saturated heterocycles. The molecule has 1 N–H and O–H groups in total. The van der Waals surface area contributed by atoms with E-state index in [4.69, 9.17) is 0 Å². The first kappa shape index (κ1) is 13.3. The van der Waals surface area contributed by atoms with E-state index in [-0.39, 0.29) is 0 Å². The monoisotopic (exact) mass is 282 g/mol. The van der Waals surface area contributed by atoms with Crippen LogP contribution in [-0.4, -0.2) is 20.6 Å². The zero-order valence-corrected chi connectivity index (χ0v) is 11.7. The number of nitrogens with one attached hydrogen (secondary N) is 1. The molecule has 1 aromatic rings. The van der Waals surface area contributed by atoms with Crippen LogP contribution >= 0.6 is 15.9 Å². The molecule has 0 bridgehead atoms. The predicted octanol–water partition coefficient (Wildman–Crippen LogP) is 3.35. The second-order valence-electron chi connectivity index (χ2n) is 3.89. The Morgan fingerprint density at radius 1 is 1.56 bits per heavy atom. The van der Waals surface area contributed by atoms with E-state index in [1.54, 1.807) is 0 Å². The fraction of sp³-hybridized carbons (Fsp3) is 0.385. The molecule has 1 rings (SSSR count). The predicted molar refractivity (Wildman–Crippen MR) is 75.1 cm³/mol. The van der Waals surface area contributed by atoms with Gasteiger partial charge in [-0.25, -0.2) is 0 Å². The van der Waals surface area contributed by atoms with Gasteiger partial charge in [0.05, 0.1) is 0 Å². The van der Waals surface area contributed by atoms with Crippen molar-refractivity contribution in [2.75, 3.05) is 25.5 Å².